The fourth-order valence-corrected chi connectivity index (χ4v) is 1.23. The van der Waals surface area contributed by atoms with E-state index in [9.17, 15) is 9.50 Å². The predicted molar refractivity (Wildman–Crippen MR) is 61.5 cm³/mol. The van der Waals surface area contributed by atoms with E-state index in [1.165, 1.54) is 6.07 Å². The zero-order valence-electron chi connectivity index (χ0n) is 8.11. The Morgan fingerprint density at radius 3 is 2.67 bits per heavy atom. The summed E-state index contributed by atoms with van der Waals surface area (Å²) >= 11 is 0. The molecular weight excluding hydrogens is 219 g/mol. The number of hydrogen-bond donors (Lipinski definition) is 3. The fraction of sp³-hybridized carbons (Fsp3) is 0.200. The summed E-state index contributed by atoms with van der Waals surface area (Å²) in [5.74, 6) is -0.657. The van der Waals surface area contributed by atoms with Gasteiger partial charge in [0.1, 0.15) is 11.6 Å². The van der Waals surface area contributed by atoms with E-state index in [2.05, 4.69) is 6.58 Å². The van der Waals surface area contributed by atoms with Gasteiger partial charge in [0.05, 0.1) is 5.69 Å². The first-order chi connectivity index (χ1) is 6.56. The van der Waals surface area contributed by atoms with E-state index >= 15 is 0 Å². The Hall–Kier alpha value is -1.26. The maximum Gasteiger partial charge on any atom is 0.143 e. The SMILES string of the molecule is C=CC[C@H](N)c1cc(F)cc(N)c1O.Cl. The minimum Gasteiger partial charge on any atom is -0.505 e. The van der Waals surface area contributed by atoms with Gasteiger partial charge in [-0.15, -0.1) is 19.0 Å². The lowest BCUT2D eigenvalue weighted by atomic mass is 10.0. The normalized spacial score (nSPS) is 11.6. The average molecular weight is 233 g/mol. The number of aromatic hydroxyl groups is 1. The number of phenols is 1. The number of phenolic OH excluding ortho intramolecular Hbond substituents is 1. The van der Waals surface area contributed by atoms with Crippen LogP contribution in [0.3, 0.4) is 0 Å². The molecule has 5 heteroatoms. The second-order valence-electron chi connectivity index (χ2n) is 3.06. The molecule has 0 fully saturated rings. The van der Waals surface area contributed by atoms with Gasteiger partial charge >= 0.3 is 0 Å². The number of hydrogen-bond acceptors (Lipinski definition) is 3. The van der Waals surface area contributed by atoms with E-state index < -0.39 is 11.9 Å². The molecule has 0 bridgehead atoms. The van der Waals surface area contributed by atoms with Crippen LogP contribution in [0.5, 0.6) is 5.75 Å². The number of anilines is 1. The molecule has 0 aliphatic heterocycles. The molecule has 0 saturated heterocycles. The Morgan fingerprint density at radius 1 is 1.53 bits per heavy atom. The highest BCUT2D eigenvalue weighted by atomic mass is 35.5. The quantitative estimate of drug-likeness (QED) is 0.425. The molecular formula is C10H14ClFN2O. The van der Waals surface area contributed by atoms with Gasteiger partial charge in [0.25, 0.3) is 0 Å². The molecule has 5 N–H and O–H groups in total. The Kier molecular flexibility index (Phi) is 5.11. The van der Waals surface area contributed by atoms with Crippen molar-refractivity contribution in [3.63, 3.8) is 0 Å². The molecule has 0 amide bonds. The molecule has 0 aliphatic carbocycles. The summed E-state index contributed by atoms with van der Waals surface area (Å²) in [4.78, 5) is 0. The van der Waals surface area contributed by atoms with Crippen molar-refractivity contribution in [3.05, 3.63) is 36.2 Å². The first kappa shape index (κ1) is 13.7. The van der Waals surface area contributed by atoms with Crippen LogP contribution in [0.2, 0.25) is 0 Å². The molecule has 0 unspecified atom stereocenters. The fourth-order valence-electron chi connectivity index (χ4n) is 1.23. The minimum absolute atomic E-state index is 0. The van der Waals surface area contributed by atoms with Crippen LogP contribution in [-0.2, 0) is 0 Å². The van der Waals surface area contributed by atoms with E-state index in [0.717, 1.165) is 6.07 Å². The molecule has 0 aromatic heterocycles. The van der Waals surface area contributed by atoms with Crippen LogP contribution >= 0.6 is 12.4 Å². The van der Waals surface area contributed by atoms with Gasteiger partial charge in [0.2, 0.25) is 0 Å². The third-order valence-electron chi connectivity index (χ3n) is 1.95. The van der Waals surface area contributed by atoms with Crippen molar-refractivity contribution in [3.8, 4) is 5.75 Å². The van der Waals surface area contributed by atoms with Crippen molar-refractivity contribution in [2.24, 2.45) is 5.73 Å². The third kappa shape index (κ3) is 3.11. The Balaban J connectivity index is 0.00000196. The van der Waals surface area contributed by atoms with E-state index in [1.54, 1.807) is 6.08 Å². The predicted octanol–water partition coefficient (Wildman–Crippen LogP) is 2.11. The summed E-state index contributed by atoms with van der Waals surface area (Å²) in [6.07, 6.45) is 2.06. The van der Waals surface area contributed by atoms with E-state index in [0.29, 0.717) is 12.0 Å². The zero-order chi connectivity index (χ0) is 10.7. The molecule has 1 atom stereocenters. The summed E-state index contributed by atoms with van der Waals surface area (Å²) in [5, 5.41) is 9.51. The van der Waals surface area contributed by atoms with Crippen molar-refractivity contribution in [1.29, 1.82) is 0 Å². The van der Waals surface area contributed by atoms with Crippen LogP contribution < -0.4 is 11.5 Å². The molecule has 15 heavy (non-hydrogen) atoms. The Labute approximate surface area is 94.0 Å². The maximum absolute atomic E-state index is 12.9. The van der Waals surface area contributed by atoms with Crippen LogP contribution in [0, 0.1) is 5.82 Å². The Bertz CT molecular complexity index is 358. The molecule has 0 aliphatic rings. The number of nitrogen functional groups attached to an aromatic ring is 1. The summed E-state index contributed by atoms with van der Waals surface area (Å²) in [5.41, 5.74) is 11.4. The molecule has 84 valence electrons. The van der Waals surface area contributed by atoms with Gasteiger partial charge in [0, 0.05) is 17.7 Å². The lowest BCUT2D eigenvalue weighted by molar-refractivity contribution is 0.461. The topological polar surface area (TPSA) is 72.3 Å². The van der Waals surface area contributed by atoms with Crippen LogP contribution in [0.15, 0.2) is 24.8 Å². The van der Waals surface area contributed by atoms with Gasteiger partial charge in [-0.2, -0.15) is 0 Å². The van der Waals surface area contributed by atoms with Crippen LogP contribution in [0.1, 0.15) is 18.0 Å². The van der Waals surface area contributed by atoms with Gasteiger partial charge in [-0.1, -0.05) is 6.08 Å². The summed E-state index contributed by atoms with van der Waals surface area (Å²) < 4.78 is 12.9. The number of benzene rings is 1. The monoisotopic (exact) mass is 232 g/mol. The lowest BCUT2D eigenvalue weighted by Gasteiger charge is -2.13. The number of nitrogens with two attached hydrogens (primary N) is 2. The van der Waals surface area contributed by atoms with Gasteiger partial charge in [-0.3, -0.25) is 0 Å². The molecule has 0 heterocycles. The van der Waals surface area contributed by atoms with Crippen molar-refractivity contribution < 1.29 is 9.50 Å². The molecule has 1 aromatic carbocycles. The van der Waals surface area contributed by atoms with Gasteiger partial charge in [-0.05, 0) is 12.5 Å². The molecule has 0 radical (unpaired) electrons. The minimum atomic E-state index is -0.505. The highest BCUT2D eigenvalue weighted by Gasteiger charge is 2.13. The average Bonchev–Trinajstić information content (AvgIpc) is 2.11. The van der Waals surface area contributed by atoms with E-state index in [-0.39, 0.29) is 23.8 Å². The first-order valence-electron chi connectivity index (χ1n) is 4.20. The van der Waals surface area contributed by atoms with Crippen molar-refractivity contribution in [2.75, 3.05) is 5.73 Å². The first-order valence-corrected chi connectivity index (χ1v) is 4.20. The molecule has 0 spiro atoms. The summed E-state index contributed by atoms with van der Waals surface area (Å²) in [6.45, 7) is 3.51. The Morgan fingerprint density at radius 2 is 2.13 bits per heavy atom. The molecule has 1 aromatic rings. The van der Waals surface area contributed by atoms with Crippen LogP contribution in [-0.4, -0.2) is 5.11 Å². The van der Waals surface area contributed by atoms with Gasteiger partial charge < -0.3 is 16.6 Å². The van der Waals surface area contributed by atoms with Crippen LogP contribution in [0.25, 0.3) is 0 Å². The van der Waals surface area contributed by atoms with Crippen LogP contribution in [0.4, 0.5) is 10.1 Å². The number of halogens is 2. The van der Waals surface area contributed by atoms with Crippen molar-refractivity contribution in [2.45, 2.75) is 12.5 Å². The van der Waals surface area contributed by atoms with Crippen molar-refractivity contribution in [1.82, 2.24) is 0 Å². The van der Waals surface area contributed by atoms with E-state index in [4.69, 9.17) is 11.5 Å². The third-order valence-corrected chi connectivity index (χ3v) is 1.95. The zero-order valence-corrected chi connectivity index (χ0v) is 8.93. The van der Waals surface area contributed by atoms with Crippen molar-refractivity contribution >= 4 is 18.1 Å². The maximum atomic E-state index is 12.9. The number of rotatable bonds is 3. The molecule has 1 rings (SSSR count). The highest BCUT2D eigenvalue weighted by molar-refractivity contribution is 5.85. The summed E-state index contributed by atoms with van der Waals surface area (Å²) in [6, 6.07) is 1.75. The highest BCUT2D eigenvalue weighted by Crippen LogP contribution is 2.31. The van der Waals surface area contributed by atoms with Gasteiger partial charge in [0.15, 0.2) is 0 Å². The second kappa shape index (κ2) is 5.58. The standard InChI is InChI=1S/C10H13FN2O.ClH/c1-2-3-8(12)7-4-6(11)5-9(13)10(7)14;/h2,4-5,8,14H,1,3,12-13H2;1H/t8-;/m0./s1. The largest absolute Gasteiger partial charge is 0.505 e. The van der Waals surface area contributed by atoms with E-state index in [1.807, 2.05) is 0 Å². The lowest BCUT2D eigenvalue weighted by Crippen LogP contribution is -2.10. The smallest absolute Gasteiger partial charge is 0.143 e. The van der Waals surface area contributed by atoms with Gasteiger partial charge in [-0.25, -0.2) is 4.39 Å². The molecule has 3 nitrogen and oxygen atoms in total. The molecule has 0 saturated carbocycles. The second-order valence-corrected chi connectivity index (χ2v) is 3.06. The summed E-state index contributed by atoms with van der Waals surface area (Å²) in [7, 11) is 0.